The van der Waals surface area contributed by atoms with Crippen LogP contribution in [0.2, 0.25) is 0 Å². The predicted molar refractivity (Wildman–Crippen MR) is 55.9 cm³/mol. The number of carbonyl (C=O) groups is 1. The number of amides is 1. The number of carbonyl (C=O) groups excluding carboxylic acids is 1. The maximum atomic E-state index is 11.1. The van der Waals surface area contributed by atoms with E-state index in [1.165, 1.54) is 12.8 Å². The maximum Gasteiger partial charge on any atom is 0.220 e. The molecule has 0 spiro atoms. The van der Waals surface area contributed by atoms with Crippen molar-refractivity contribution >= 4 is 5.91 Å². The summed E-state index contributed by atoms with van der Waals surface area (Å²) in [6.07, 6.45) is 4.29. The molecule has 2 aliphatic rings. The second-order valence-electron chi connectivity index (χ2n) is 4.94. The average Bonchev–Trinajstić information content (AvgIpc) is 2.06. The summed E-state index contributed by atoms with van der Waals surface area (Å²) in [5.74, 6) is 1.10. The van der Waals surface area contributed by atoms with Crippen LogP contribution in [0.5, 0.6) is 0 Å². The molecule has 1 saturated carbocycles. The fourth-order valence-corrected chi connectivity index (χ4v) is 2.53. The first-order valence-corrected chi connectivity index (χ1v) is 5.70. The predicted octanol–water partition coefficient (Wildman–Crippen LogP) is 1.04. The van der Waals surface area contributed by atoms with Crippen LogP contribution < -0.4 is 10.6 Å². The highest BCUT2D eigenvalue weighted by Crippen LogP contribution is 2.27. The lowest BCUT2D eigenvalue weighted by Crippen LogP contribution is -2.57. The molecule has 0 aromatic rings. The van der Waals surface area contributed by atoms with Gasteiger partial charge in [0.05, 0.1) is 0 Å². The Morgan fingerprint density at radius 2 is 2.07 bits per heavy atom. The Balaban J connectivity index is 1.77. The van der Waals surface area contributed by atoms with Gasteiger partial charge in [-0.15, -0.1) is 0 Å². The Labute approximate surface area is 85.6 Å². The summed E-state index contributed by atoms with van der Waals surface area (Å²) in [5.41, 5.74) is 0. The summed E-state index contributed by atoms with van der Waals surface area (Å²) >= 11 is 0. The van der Waals surface area contributed by atoms with Crippen molar-refractivity contribution in [3.05, 3.63) is 0 Å². The first-order valence-electron chi connectivity index (χ1n) is 5.70. The van der Waals surface area contributed by atoms with Crippen LogP contribution in [-0.2, 0) is 4.79 Å². The molecular weight excluding hydrogens is 176 g/mol. The highest BCUT2D eigenvalue weighted by molar-refractivity contribution is 5.77. The molecule has 0 bridgehead atoms. The summed E-state index contributed by atoms with van der Waals surface area (Å²) in [7, 11) is 0. The molecule has 1 amide bonds. The van der Waals surface area contributed by atoms with Gasteiger partial charge in [0.15, 0.2) is 0 Å². The molecule has 2 atom stereocenters. The lowest BCUT2D eigenvalue weighted by atomic mass is 9.81. The van der Waals surface area contributed by atoms with Crippen LogP contribution in [0, 0.1) is 5.92 Å². The third-order valence-electron chi connectivity index (χ3n) is 3.50. The minimum absolute atomic E-state index is 0.206. The molecule has 3 heteroatoms. The first kappa shape index (κ1) is 9.97. The largest absolute Gasteiger partial charge is 0.352 e. The van der Waals surface area contributed by atoms with E-state index in [0.29, 0.717) is 24.5 Å². The minimum Gasteiger partial charge on any atom is -0.352 e. The van der Waals surface area contributed by atoms with Crippen molar-refractivity contribution < 1.29 is 4.79 Å². The van der Waals surface area contributed by atoms with Gasteiger partial charge in [0.25, 0.3) is 0 Å². The van der Waals surface area contributed by atoms with Crippen molar-refractivity contribution in [2.75, 3.05) is 0 Å². The van der Waals surface area contributed by atoms with E-state index in [9.17, 15) is 4.79 Å². The first-order chi connectivity index (χ1) is 6.65. The molecule has 2 rings (SSSR count). The molecule has 1 aliphatic carbocycles. The Bertz CT molecular complexity index is 223. The number of piperidine rings is 1. The highest BCUT2D eigenvalue weighted by Gasteiger charge is 2.31. The van der Waals surface area contributed by atoms with E-state index in [1.807, 2.05) is 0 Å². The fraction of sp³-hybridized carbons (Fsp3) is 0.909. The van der Waals surface area contributed by atoms with Gasteiger partial charge in [0.2, 0.25) is 5.91 Å². The van der Waals surface area contributed by atoms with Gasteiger partial charge < -0.3 is 10.6 Å². The Hall–Kier alpha value is -0.570. The number of nitrogens with one attached hydrogen (secondary N) is 2. The van der Waals surface area contributed by atoms with Crippen LogP contribution in [-0.4, -0.2) is 24.0 Å². The third-order valence-corrected chi connectivity index (χ3v) is 3.50. The smallest absolute Gasteiger partial charge is 0.220 e. The second kappa shape index (κ2) is 3.89. The van der Waals surface area contributed by atoms with Crippen LogP contribution >= 0.6 is 0 Å². The average molecular weight is 196 g/mol. The number of hydrogen-bond donors (Lipinski definition) is 2. The summed E-state index contributed by atoms with van der Waals surface area (Å²) in [4.78, 5) is 11.1. The quantitative estimate of drug-likeness (QED) is 0.693. The van der Waals surface area contributed by atoms with Crippen molar-refractivity contribution in [1.29, 1.82) is 0 Å². The zero-order valence-electron chi connectivity index (χ0n) is 9.05. The summed E-state index contributed by atoms with van der Waals surface area (Å²) in [6, 6.07) is 1.49. The second-order valence-corrected chi connectivity index (χ2v) is 4.94. The highest BCUT2D eigenvalue weighted by atomic mass is 16.1. The molecule has 0 aromatic carbocycles. The third kappa shape index (κ3) is 2.08. The zero-order valence-corrected chi connectivity index (χ0v) is 9.05. The molecule has 2 unspecified atom stereocenters. The number of rotatable bonds is 2. The van der Waals surface area contributed by atoms with Gasteiger partial charge in [-0.1, -0.05) is 6.92 Å². The maximum absolute atomic E-state index is 11.1. The van der Waals surface area contributed by atoms with Gasteiger partial charge in [-0.2, -0.15) is 0 Å². The van der Waals surface area contributed by atoms with E-state index in [2.05, 4.69) is 24.5 Å². The van der Waals surface area contributed by atoms with Gasteiger partial charge in [0.1, 0.15) is 0 Å². The molecule has 80 valence electrons. The van der Waals surface area contributed by atoms with Crippen LogP contribution in [0.25, 0.3) is 0 Å². The molecule has 1 saturated heterocycles. The fourth-order valence-electron chi connectivity index (χ4n) is 2.53. The molecule has 2 N–H and O–H groups in total. The van der Waals surface area contributed by atoms with E-state index < -0.39 is 0 Å². The number of hydrogen-bond acceptors (Lipinski definition) is 2. The van der Waals surface area contributed by atoms with E-state index in [0.717, 1.165) is 12.3 Å². The lowest BCUT2D eigenvalue weighted by Gasteiger charge is -2.40. The summed E-state index contributed by atoms with van der Waals surface area (Å²) < 4.78 is 0. The summed E-state index contributed by atoms with van der Waals surface area (Å²) in [5, 5.41) is 6.63. The Kier molecular flexibility index (Phi) is 2.77. The summed E-state index contributed by atoms with van der Waals surface area (Å²) in [6.45, 7) is 4.39. The van der Waals surface area contributed by atoms with Crippen molar-refractivity contribution in [2.24, 2.45) is 5.92 Å². The Morgan fingerprint density at radius 1 is 1.36 bits per heavy atom. The lowest BCUT2D eigenvalue weighted by molar-refractivity contribution is -0.123. The van der Waals surface area contributed by atoms with Crippen molar-refractivity contribution in [2.45, 2.75) is 57.7 Å². The SMILES string of the molecule is CC1CC(NC2CCC(=O)NC2C)C1. The standard InChI is InChI=1S/C11H20N2O/c1-7-5-9(6-7)13-10-3-4-11(14)12-8(10)2/h7-10,13H,3-6H2,1-2H3,(H,12,14). The topological polar surface area (TPSA) is 41.1 Å². The molecule has 1 heterocycles. The molecule has 0 aromatic heterocycles. The molecule has 14 heavy (non-hydrogen) atoms. The van der Waals surface area contributed by atoms with Crippen LogP contribution in [0.1, 0.15) is 39.5 Å². The van der Waals surface area contributed by atoms with Crippen molar-refractivity contribution in [1.82, 2.24) is 10.6 Å². The molecule has 2 fully saturated rings. The normalized spacial score (nSPS) is 42.9. The van der Waals surface area contributed by atoms with Gasteiger partial charge in [-0.3, -0.25) is 4.79 Å². The minimum atomic E-state index is 0.206. The monoisotopic (exact) mass is 196 g/mol. The zero-order chi connectivity index (χ0) is 10.1. The Morgan fingerprint density at radius 3 is 2.64 bits per heavy atom. The van der Waals surface area contributed by atoms with Gasteiger partial charge in [0, 0.05) is 24.5 Å². The van der Waals surface area contributed by atoms with E-state index in [4.69, 9.17) is 0 Å². The van der Waals surface area contributed by atoms with E-state index in [-0.39, 0.29) is 5.91 Å². The molecule has 0 radical (unpaired) electrons. The van der Waals surface area contributed by atoms with Crippen molar-refractivity contribution in [3.63, 3.8) is 0 Å². The van der Waals surface area contributed by atoms with Crippen LogP contribution in [0.3, 0.4) is 0 Å². The molecular formula is C11H20N2O. The van der Waals surface area contributed by atoms with Gasteiger partial charge in [-0.05, 0) is 32.1 Å². The van der Waals surface area contributed by atoms with Gasteiger partial charge >= 0.3 is 0 Å². The molecule has 1 aliphatic heterocycles. The van der Waals surface area contributed by atoms with Crippen LogP contribution in [0.15, 0.2) is 0 Å². The van der Waals surface area contributed by atoms with Crippen molar-refractivity contribution in [3.8, 4) is 0 Å². The van der Waals surface area contributed by atoms with E-state index in [1.54, 1.807) is 0 Å². The van der Waals surface area contributed by atoms with E-state index >= 15 is 0 Å². The van der Waals surface area contributed by atoms with Crippen LogP contribution in [0.4, 0.5) is 0 Å². The molecule has 3 nitrogen and oxygen atoms in total. The van der Waals surface area contributed by atoms with Gasteiger partial charge in [-0.25, -0.2) is 0 Å².